The number of nitrogens with one attached hydrogen (secondary N) is 2. The van der Waals surface area contributed by atoms with Gasteiger partial charge in [-0.1, -0.05) is 39.7 Å². The van der Waals surface area contributed by atoms with E-state index in [1.165, 1.54) is 0 Å². The Morgan fingerprint density at radius 2 is 1.92 bits per heavy atom. The summed E-state index contributed by atoms with van der Waals surface area (Å²) in [6, 6.07) is 13.0. The van der Waals surface area contributed by atoms with Crippen LogP contribution in [0.2, 0.25) is 5.02 Å². The van der Waals surface area contributed by atoms with E-state index in [9.17, 15) is 14.4 Å². The summed E-state index contributed by atoms with van der Waals surface area (Å²) in [6.45, 7) is 1.24. The molecule has 0 radical (unpaired) electrons. The van der Waals surface area contributed by atoms with Gasteiger partial charge in [0.15, 0.2) is 0 Å². The maximum atomic E-state index is 12.8. The largest absolute Gasteiger partial charge is 0.325 e. The summed E-state index contributed by atoms with van der Waals surface area (Å²) in [5.41, 5.74) is -0.0615. The van der Waals surface area contributed by atoms with Crippen molar-refractivity contribution < 1.29 is 14.4 Å². The monoisotopic (exact) mass is 435 g/mol. The minimum atomic E-state index is -1.22. The molecule has 6 nitrogen and oxygen atoms in total. The second kappa shape index (κ2) is 7.09. The van der Waals surface area contributed by atoms with Crippen molar-refractivity contribution in [2.45, 2.75) is 12.5 Å². The number of halogens is 2. The maximum absolute atomic E-state index is 12.8. The van der Waals surface area contributed by atoms with E-state index >= 15 is 0 Å². The molecule has 3 rings (SSSR count). The predicted octanol–water partition coefficient (Wildman–Crippen LogP) is 3.51. The van der Waals surface area contributed by atoms with Crippen molar-refractivity contribution in [1.82, 2.24) is 10.2 Å². The molecule has 1 aliphatic heterocycles. The number of rotatable bonds is 4. The topological polar surface area (TPSA) is 78.5 Å². The van der Waals surface area contributed by atoms with Crippen molar-refractivity contribution >= 4 is 51.1 Å². The summed E-state index contributed by atoms with van der Waals surface area (Å²) in [6.07, 6.45) is 0. The molecule has 2 aromatic rings. The second-order valence-corrected chi connectivity index (χ2v) is 7.36. The highest BCUT2D eigenvalue weighted by Crippen LogP contribution is 2.30. The Morgan fingerprint density at radius 1 is 1.23 bits per heavy atom. The van der Waals surface area contributed by atoms with E-state index in [0.29, 0.717) is 16.3 Å². The summed E-state index contributed by atoms with van der Waals surface area (Å²) < 4.78 is 0.789. The third kappa shape index (κ3) is 3.59. The number of imide groups is 1. The fourth-order valence-corrected chi connectivity index (χ4v) is 3.24. The van der Waals surface area contributed by atoms with Crippen LogP contribution in [0.15, 0.2) is 53.0 Å². The number of carbonyl (C=O) groups is 3. The van der Waals surface area contributed by atoms with E-state index in [1.54, 1.807) is 49.4 Å². The SMILES string of the molecule is CC1(c2cccc(Br)c2)NC(=O)N(CC(=O)Nc2ccc(Cl)cc2)C1=O. The van der Waals surface area contributed by atoms with Gasteiger partial charge in [0.1, 0.15) is 12.1 Å². The first-order valence-corrected chi connectivity index (χ1v) is 8.92. The summed E-state index contributed by atoms with van der Waals surface area (Å²) in [4.78, 5) is 38.2. The molecule has 0 aliphatic carbocycles. The van der Waals surface area contributed by atoms with Crippen LogP contribution < -0.4 is 10.6 Å². The number of hydrogen-bond donors (Lipinski definition) is 2. The first-order chi connectivity index (χ1) is 12.3. The number of amides is 4. The zero-order chi connectivity index (χ0) is 18.9. The molecule has 134 valence electrons. The molecule has 4 amide bonds. The Morgan fingerprint density at radius 3 is 2.58 bits per heavy atom. The summed E-state index contributed by atoms with van der Waals surface area (Å²) in [5, 5.41) is 5.85. The molecule has 26 heavy (non-hydrogen) atoms. The molecule has 0 spiro atoms. The zero-order valence-corrected chi connectivity index (χ0v) is 16.1. The lowest BCUT2D eigenvalue weighted by Gasteiger charge is -2.22. The fraction of sp³-hybridized carbons (Fsp3) is 0.167. The molecular weight excluding hydrogens is 422 g/mol. The van der Waals surface area contributed by atoms with Gasteiger partial charge >= 0.3 is 6.03 Å². The third-order valence-electron chi connectivity index (χ3n) is 4.11. The van der Waals surface area contributed by atoms with Crippen molar-refractivity contribution in [3.8, 4) is 0 Å². The van der Waals surface area contributed by atoms with Gasteiger partial charge in [0.05, 0.1) is 0 Å². The van der Waals surface area contributed by atoms with E-state index in [0.717, 1.165) is 9.37 Å². The van der Waals surface area contributed by atoms with Crippen LogP contribution in [0.25, 0.3) is 0 Å². The lowest BCUT2D eigenvalue weighted by atomic mass is 9.92. The van der Waals surface area contributed by atoms with Gasteiger partial charge in [-0.3, -0.25) is 14.5 Å². The molecular formula is C18H15BrClN3O3. The molecule has 1 fully saturated rings. The van der Waals surface area contributed by atoms with E-state index in [2.05, 4.69) is 26.6 Å². The minimum Gasteiger partial charge on any atom is -0.325 e. The van der Waals surface area contributed by atoms with Crippen LogP contribution in [-0.4, -0.2) is 29.3 Å². The number of anilines is 1. The lowest BCUT2D eigenvalue weighted by molar-refractivity contribution is -0.133. The normalized spacial score (nSPS) is 19.4. The van der Waals surface area contributed by atoms with Crippen molar-refractivity contribution in [3.63, 3.8) is 0 Å². The van der Waals surface area contributed by atoms with Crippen molar-refractivity contribution in [2.75, 3.05) is 11.9 Å². The molecule has 1 aliphatic rings. The molecule has 1 saturated heterocycles. The number of urea groups is 1. The van der Waals surface area contributed by atoms with Gasteiger partial charge in [0, 0.05) is 15.2 Å². The molecule has 1 atom stereocenters. The van der Waals surface area contributed by atoms with E-state index in [-0.39, 0.29) is 6.54 Å². The van der Waals surface area contributed by atoms with Crippen LogP contribution in [-0.2, 0) is 15.1 Å². The maximum Gasteiger partial charge on any atom is 0.325 e. The summed E-state index contributed by atoms with van der Waals surface area (Å²) in [7, 11) is 0. The molecule has 1 heterocycles. The first kappa shape index (κ1) is 18.4. The third-order valence-corrected chi connectivity index (χ3v) is 4.85. The van der Waals surface area contributed by atoms with Crippen LogP contribution in [0.5, 0.6) is 0 Å². The van der Waals surface area contributed by atoms with Crippen LogP contribution in [0.3, 0.4) is 0 Å². The highest BCUT2D eigenvalue weighted by atomic mass is 79.9. The van der Waals surface area contributed by atoms with Crippen molar-refractivity contribution in [3.05, 3.63) is 63.6 Å². The zero-order valence-electron chi connectivity index (χ0n) is 13.8. The van der Waals surface area contributed by atoms with Gasteiger partial charge in [-0.25, -0.2) is 4.79 Å². The Labute approximate surface area is 163 Å². The average molecular weight is 437 g/mol. The van der Waals surface area contributed by atoms with Crippen molar-refractivity contribution in [1.29, 1.82) is 0 Å². The molecule has 0 saturated carbocycles. The van der Waals surface area contributed by atoms with Crippen LogP contribution in [0, 0.1) is 0 Å². The molecule has 0 aromatic heterocycles. The number of nitrogens with zero attached hydrogens (tertiary/aromatic N) is 1. The number of benzene rings is 2. The Kier molecular flexibility index (Phi) is 5.02. The minimum absolute atomic E-state index is 0.378. The smallest absolute Gasteiger partial charge is 0.325 e. The van der Waals surface area contributed by atoms with Gasteiger partial charge in [-0.15, -0.1) is 0 Å². The quantitative estimate of drug-likeness (QED) is 0.720. The van der Waals surface area contributed by atoms with Crippen LogP contribution in [0.4, 0.5) is 10.5 Å². The summed E-state index contributed by atoms with van der Waals surface area (Å²) in [5.74, 6) is -0.957. The lowest BCUT2D eigenvalue weighted by Crippen LogP contribution is -2.42. The molecule has 1 unspecified atom stereocenters. The van der Waals surface area contributed by atoms with Gasteiger partial charge < -0.3 is 10.6 Å². The molecule has 2 aromatic carbocycles. The fourth-order valence-electron chi connectivity index (χ4n) is 2.71. The number of carbonyl (C=O) groups excluding carboxylic acids is 3. The van der Waals surface area contributed by atoms with E-state index in [4.69, 9.17) is 11.6 Å². The Bertz CT molecular complexity index is 888. The van der Waals surface area contributed by atoms with Gasteiger partial charge in [0.25, 0.3) is 5.91 Å². The Hall–Kier alpha value is -2.38. The highest BCUT2D eigenvalue weighted by Gasteiger charge is 2.49. The predicted molar refractivity (Wildman–Crippen MR) is 102 cm³/mol. The first-order valence-electron chi connectivity index (χ1n) is 7.75. The second-order valence-electron chi connectivity index (χ2n) is 6.01. The highest BCUT2D eigenvalue weighted by molar-refractivity contribution is 9.10. The Balaban J connectivity index is 1.74. The van der Waals surface area contributed by atoms with Gasteiger partial charge in [-0.05, 0) is 48.9 Å². The number of hydrogen-bond acceptors (Lipinski definition) is 3. The molecule has 8 heteroatoms. The van der Waals surface area contributed by atoms with E-state index < -0.39 is 23.4 Å². The summed E-state index contributed by atoms with van der Waals surface area (Å²) >= 11 is 9.16. The van der Waals surface area contributed by atoms with Crippen LogP contribution >= 0.6 is 27.5 Å². The van der Waals surface area contributed by atoms with Gasteiger partial charge in [0.2, 0.25) is 5.91 Å². The average Bonchev–Trinajstić information content (AvgIpc) is 2.81. The van der Waals surface area contributed by atoms with Crippen molar-refractivity contribution in [2.24, 2.45) is 0 Å². The molecule has 2 N–H and O–H groups in total. The van der Waals surface area contributed by atoms with Gasteiger partial charge in [-0.2, -0.15) is 0 Å². The molecule has 0 bridgehead atoms. The van der Waals surface area contributed by atoms with Crippen LogP contribution in [0.1, 0.15) is 12.5 Å². The van der Waals surface area contributed by atoms with E-state index in [1.807, 2.05) is 6.07 Å². The standard InChI is InChI=1S/C18H15BrClN3O3/c1-18(11-3-2-4-12(19)9-11)16(25)23(17(26)22-18)10-15(24)21-14-7-5-13(20)6-8-14/h2-9H,10H2,1H3,(H,21,24)(H,22,26).